The average Bonchev–Trinajstić information content (AvgIpc) is 2.53. The summed E-state index contributed by atoms with van der Waals surface area (Å²) in [6, 6.07) is 7.92. The van der Waals surface area contributed by atoms with Gasteiger partial charge in [0.2, 0.25) is 5.91 Å². The van der Waals surface area contributed by atoms with Gasteiger partial charge in [0.25, 0.3) is 0 Å². The van der Waals surface area contributed by atoms with E-state index in [0.29, 0.717) is 0 Å². The number of hydrogen-bond donors (Lipinski definition) is 1. The maximum absolute atomic E-state index is 12.3. The topological polar surface area (TPSA) is 58.6 Å². The first-order chi connectivity index (χ1) is 10.5. The smallest absolute Gasteiger partial charge is 0.307 e. The molecule has 22 heavy (non-hydrogen) atoms. The van der Waals surface area contributed by atoms with Crippen LogP contribution in [0.5, 0.6) is 0 Å². The number of fused-ring (bicyclic) bond motifs is 1. The summed E-state index contributed by atoms with van der Waals surface area (Å²) in [6.07, 6.45) is 1.16. The minimum absolute atomic E-state index is 0.0456. The zero-order valence-electron chi connectivity index (χ0n) is 13.5. The number of nitrogens with one attached hydrogen (secondary N) is 1. The molecule has 1 aromatic carbocycles. The van der Waals surface area contributed by atoms with Crippen LogP contribution in [0.4, 0.5) is 0 Å². The van der Waals surface area contributed by atoms with Crippen molar-refractivity contribution in [2.45, 2.75) is 45.3 Å². The van der Waals surface area contributed by atoms with E-state index in [0.717, 1.165) is 19.5 Å². The number of carbonyl (C=O) groups is 2. The Hall–Kier alpha value is -1.88. The van der Waals surface area contributed by atoms with E-state index in [1.807, 2.05) is 19.9 Å². The quantitative estimate of drug-likeness (QED) is 0.838. The number of carbonyl (C=O) groups excluding carboxylic acids is 2. The van der Waals surface area contributed by atoms with Gasteiger partial charge in [-0.2, -0.15) is 0 Å². The van der Waals surface area contributed by atoms with Crippen molar-refractivity contribution in [3.8, 4) is 0 Å². The molecule has 1 heterocycles. The van der Waals surface area contributed by atoms with Gasteiger partial charge >= 0.3 is 5.97 Å². The van der Waals surface area contributed by atoms with E-state index < -0.39 is 0 Å². The summed E-state index contributed by atoms with van der Waals surface area (Å²) in [5.41, 5.74) is 2.65. The molecular weight excluding hydrogens is 280 g/mol. The average molecular weight is 304 g/mol. The second-order valence-electron chi connectivity index (χ2n) is 5.86. The van der Waals surface area contributed by atoms with Gasteiger partial charge in [0.1, 0.15) is 0 Å². The van der Waals surface area contributed by atoms with E-state index in [4.69, 9.17) is 0 Å². The maximum atomic E-state index is 12.3. The highest BCUT2D eigenvalue weighted by Gasteiger charge is 2.26. The van der Waals surface area contributed by atoms with E-state index in [9.17, 15) is 9.59 Å². The number of benzene rings is 1. The maximum Gasteiger partial charge on any atom is 0.307 e. The summed E-state index contributed by atoms with van der Waals surface area (Å²) < 4.78 is 4.62. The highest BCUT2D eigenvalue weighted by Crippen LogP contribution is 2.20. The zero-order chi connectivity index (χ0) is 16.1. The molecular formula is C17H24N2O3. The lowest BCUT2D eigenvalue weighted by atomic mass is 9.98. The molecule has 0 unspecified atom stereocenters. The molecule has 0 saturated carbocycles. The number of ether oxygens (including phenoxy) is 1. The van der Waals surface area contributed by atoms with Crippen molar-refractivity contribution < 1.29 is 14.3 Å². The van der Waals surface area contributed by atoms with Gasteiger partial charge in [0, 0.05) is 19.1 Å². The summed E-state index contributed by atoms with van der Waals surface area (Å²) in [5.74, 6) is -0.358. The molecule has 1 aliphatic heterocycles. The second-order valence-corrected chi connectivity index (χ2v) is 5.86. The largest absolute Gasteiger partial charge is 0.469 e. The molecule has 1 N–H and O–H groups in total. The van der Waals surface area contributed by atoms with Crippen molar-refractivity contribution in [1.29, 1.82) is 0 Å². The first-order valence-electron chi connectivity index (χ1n) is 7.69. The van der Waals surface area contributed by atoms with Crippen molar-refractivity contribution in [3.63, 3.8) is 0 Å². The Bertz CT molecular complexity index is 544. The van der Waals surface area contributed by atoms with Gasteiger partial charge in [0.15, 0.2) is 0 Å². The lowest BCUT2D eigenvalue weighted by Gasteiger charge is -2.33. The van der Waals surface area contributed by atoms with E-state index in [1.165, 1.54) is 18.2 Å². The van der Waals surface area contributed by atoms with Gasteiger partial charge in [-0.1, -0.05) is 24.3 Å². The van der Waals surface area contributed by atoms with Crippen LogP contribution in [-0.2, 0) is 27.3 Å². The van der Waals surface area contributed by atoms with Crippen LogP contribution in [-0.4, -0.2) is 42.5 Å². The predicted octanol–water partition coefficient (Wildman–Crippen LogP) is 1.50. The lowest BCUT2D eigenvalue weighted by Crippen LogP contribution is -2.49. The van der Waals surface area contributed by atoms with Crippen LogP contribution in [0.25, 0.3) is 0 Å². The molecule has 0 aliphatic carbocycles. The molecule has 0 radical (unpaired) electrons. The molecule has 5 heteroatoms. The van der Waals surface area contributed by atoms with Gasteiger partial charge in [-0.05, 0) is 31.4 Å². The van der Waals surface area contributed by atoms with E-state index in [1.54, 1.807) is 0 Å². The highest BCUT2D eigenvalue weighted by atomic mass is 16.5. The number of rotatable bonds is 5. The molecule has 0 saturated heterocycles. The number of amides is 1. The standard InChI is InChI=1S/C17H24N2O3/c1-12(10-16(20)22-3)18-17(21)13(2)19-9-8-14-6-4-5-7-15(14)11-19/h4-7,12-13H,8-11H2,1-3H3,(H,18,21)/t12-,13+/m1/s1. The summed E-state index contributed by atoms with van der Waals surface area (Å²) in [5, 5.41) is 2.88. The summed E-state index contributed by atoms with van der Waals surface area (Å²) in [7, 11) is 1.35. The monoisotopic (exact) mass is 304 g/mol. The fourth-order valence-electron chi connectivity index (χ4n) is 2.76. The first-order valence-corrected chi connectivity index (χ1v) is 7.69. The predicted molar refractivity (Wildman–Crippen MR) is 84.3 cm³/mol. The van der Waals surface area contributed by atoms with Crippen molar-refractivity contribution in [2.75, 3.05) is 13.7 Å². The molecule has 120 valence electrons. The summed E-state index contributed by atoms with van der Waals surface area (Å²) in [4.78, 5) is 25.7. The van der Waals surface area contributed by atoms with E-state index >= 15 is 0 Å². The van der Waals surface area contributed by atoms with Crippen molar-refractivity contribution in [1.82, 2.24) is 10.2 Å². The van der Waals surface area contributed by atoms with Crippen LogP contribution in [0.2, 0.25) is 0 Å². The highest BCUT2D eigenvalue weighted by molar-refractivity contribution is 5.82. The summed E-state index contributed by atoms with van der Waals surface area (Å²) in [6.45, 7) is 5.38. The van der Waals surface area contributed by atoms with Crippen molar-refractivity contribution >= 4 is 11.9 Å². The molecule has 2 rings (SSSR count). The van der Waals surface area contributed by atoms with Gasteiger partial charge in [0.05, 0.1) is 19.6 Å². The minimum atomic E-state index is -0.313. The number of nitrogens with zero attached hydrogens (tertiary/aromatic N) is 1. The van der Waals surface area contributed by atoms with Crippen LogP contribution < -0.4 is 5.32 Å². The fourth-order valence-corrected chi connectivity index (χ4v) is 2.76. The summed E-state index contributed by atoms with van der Waals surface area (Å²) >= 11 is 0. The normalized spacial score (nSPS) is 17.2. The molecule has 1 amide bonds. The van der Waals surface area contributed by atoms with Gasteiger partial charge in [-0.15, -0.1) is 0 Å². The Morgan fingerprint density at radius 3 is 2.64 bits per heavy atom. The molecule has 0 aromatic heterocycles. The molecule has 1 aromatic rings. The molecule has 0 spiro atoms. The van der Waals surface area contributed by atoms with E-state index in [2.05, 4.69) is 33.2 Å². The minimum Gasteiger partial charge on any atom is -0.469 e. The Morgan fingerprint density at radius 1 is 1.27 bits per heavy atom. The number of methoxy groups -OCH3 is 1. The van der Waals surface area contributed by atoms with Crippen LogP contribution in [0.3, 0.4) is 0 Å². The third kappa shape index (κ3) is 4.07. The molecule has 1 aliphatic rings. The van der Waals surface area contributed by atoms with Crippen LogP contribution in [0.1, 0.15) is 31.4 Å². The van der Waals surface area contributed by atoms with Gasteiger partial charge in [-0.3, -0.25) is 14.5 Å². The van der Waals surface area contributed by atoms with Crippen LogP contribution >= 0.6 is 0 Å². The van der Waals surface area contributed by atoms with Crippen molar-refractivity contribution in [3.05, 3.63) is 35.4 Å². The SMILES string of the molecule is COC(=O)C[C@@H](C)NC(=O)[C@H](C)N1CCc2ccccc2C1. The lowest BCUT2D eigenvalue weighted by molar-refractivity contribution is -0.141. The third-order valence-electron chi connectivity index (χ3n) is 4.18. The van der Waals surface area contributed by atoms with Gasteiger partial charge < -0.3 is 10.1 Å². The Labute approximate surface area is 131 Å². The Morgan fingerprint density at radius 2 is 1.95 bits per heavy atom. The fraction of sp³-hybridized carbons (Fsp3) is 0.529. The molecule has 0 bridgehead atoms. The first kappa shape index (κ1) is 16.5. The van der Waals surface area contributed by atoms with E-state index in [-0.39, 0.29) is 30.4 Å². The van der Waals surface area contributed by atoms with Crippen LogP contribution in [0, 0.1) is 0 Å². The third-order valence-corrected chi connectivity index (χ3v) is 4.18. The molecule has 0 fully saturated rings. The van der Waals surface area contributed by atoms with Gasteiger partial charge in [-0.25, -0.2) is 0 Å². The zero-order valence-corrected chi connectivity index (χ0v) is 13.5. The Balaban J connectivity index is 1.90. The van der Waals surface area contributed by atoms with Crippen molar-refractivity contribution in [2.24, 2.45) is 0 Å². The number of hydrogen-bond acceptors (Lipinski definition) is 4. The second kappa shape index (κ2) is 7.40. The van der Waals surface area contributed by atoms with Crippen LogP contribution in [0.15, 0.2) is 24.3 Å². The molecule has 2 atom stereocenters. The molecule has 5 nitrogen and oxygen atoms in total. The Kier molecular flexibility index (Phi) is 5.55. The number of esters is 1.